The Hall–Kier alpha value is -4.07. The summed E-state index contributed by atoms with van der Waals surface area (Å²) in [5, 5.41) is 20.5. The quantitative estimate of drug-likeness (QED) is 0.111. The molecule has 2 amide bonds. The molecule has 0 spiro atoms. The Labute approximate surface area is 302 Å². The lowest BCUT2D eigenvalue weighted by molar-refractivity contribution is -0.121. The topological polar surface area (TPSA) is 179 Å². The van der Waals surface area contributed by atoms with Crippen LogP contribution in [0.4, 0.5) is 4.79 Å². The van der Waals surface area contributed by atoms with Gasteiger partial charge in [-0.2, -0.15) is 5.10 Å². The molecule has 0 saturated heterocycles. The average molecular weight is 715 g/mol. The van der Waals surface area contributed by atoms with Crippen LogP contribution in [0.2, 0.25) is 0 Å². The number of nitrogens with zero attached hydrogens (tertiary/aromatic N) is 2. The van der Waals surface area contributed by atoms with Crippen molar-refractivity contribution in [2.24, 2.45) is 22.7 Å². The number of aliphatic hydroxyl groups is 1. The van der Waals surface area contributed by atoms with E-state index in [-0.39, 0.29) is 40.5 Å². The number of hydrazone groups is 1. The van der Waals surface area contributed by atoms with Gasteiger partial charge in [-0.05, 0) is 51.0 Å². The summed E-state index contributed by atoms with van der Waals surface area (Å²) in [6.45, 7) is 12.5. The van der Waals surface area contributed by atoms with Crippen molar-refractivity contribution in [2.75, 3.05) is 34.4 Å². The van der Waals surface area contributed by atoms with Gasteiger partial charge in [0.25, 0.3) is 5.91 Å². The molecule has 284 valence electrons. The van der Waals surface area contributed by atoms with Crippen LogP contribution in [0.15, 0.2) is 63.2 Å². The Morgan fingerprint density at radius 2 is 1.71 bits per heavy atom. The maximum Gasteiger partial charge on any atom is 0.405 e. The fourth-order valence-electron chi connectivity index (χ4n) is 6.04. The molecule has 2 bridgehead atoms. The number of nitrogens with two attached hydrogens (primary N) is 1. The zero-order chi connectivity index (χ0) is 38.2. The Bertz CT molecular complexity index is 1420. The van der Waals surface area contributed by atoms with Crippen LogP contribution in [-0.2, 0) is 33.3 Å². The third-order valence-electron chi connectivity index (χ3n) is 9.03. The van der Waals surface area contributed by atoms with E-state index in [1.807, 2.05) is 11.9 Å². The second-order valence-electron chi connectivity index (χ2n) is 13.2. The summed E-state index contributed by atoms with van der Waals surface area (Å²) in [4.78, 5) is 53.7. The van der Waals surface area contributed by atoms with Gasteiger partial charge in [0, 0.05) is 44.4 Å². The smallest absolute Gasteiger partial charge is 0.405 e. The SMILES string of the molecule is CCCCN(CCCC)/N=C/C1=C2NC(=O)C(C)=CC=CC(OC)C(OC(N)=O)C(C)=CC(C)C(O)C(OC)CC(C)CC(=C(OC)C1=O)C2=O. The zero-order valence-electron chi connectivity index (χ0n) is 31.7. The van der Waals surface area contributed by atoms with Crippen LogP contribution in [0, 0.1) is 11.8 Å². The monoisotopic (exact) mass is 714 g/mol. The van der Waals surface area contributed by atoms with Crippen molar-refractivity contribution in [3.63, 3.8) is 0 Å². The molecule has 6 atom stereocenters. The number of methoxy groups -OCH3 is 3. The highest BCUT2D eigenvalue weighted by Gasteiger charge is 2.38. The minimum absolute atomic E-state index is 0.0831. The number of ketones is 2. The Balaban J connectivity index is 2.77. The third kappa shape index (κ3) is 12.3. The number of amides is 2. The van der Waals surface area contributed by atoms with Crippen LogP contribution in [0.1, 0.15) is 80.1 Å². The summed E-state index contributed by atoms with van der Waals surface area (Å²) in [6.07, 6.45) is 7.45. The number of nitrogens with one attached hydrogen (secondary N) is 1. The molecule has 0 aromatic heterocycles. The van der Waals surface area contributed by atoms with Crippen LogP contribution in [0.25, 0.3) is 0 Å². The zero-order valence-corrected chi connectivity index (χ0v) is 31.7. The van der Waals surface area contributed by atoms with Gasteiger partial charge in [-0.1, -0.05) is 64.8 Å². The minimum atomic E-state index is -1.01. The number of primary amides is 1. The van der Waals surface area contributed by atoms with Gasteiger partial charge in [0.2, 0.25) is 11.6 Å². The number of fused-ring (bicyclic) bond motifs is 2. The molecule has 51 heavy (non-hydrogen) atoms. The van der Waals surface area contributed by atoms with Crippen LogP contribution in [0.5, 0.6) is 0 Å². The number of aliphatic hydroxyl groups excluding tert-OH is 1. The molecule has 0 saturated carbocycles. The fraction of sp³-hybridized carbons (Fsp3) is 0.605. The summed E-state index contributed by atoms with van der Waals surface area (Å²) >= 11 is 0. The molecule has 0 fully saturated rings. The number of Topliss-reactive ketones (excluding diaryl/α,β-unsaturated/α-hetero) is 2. The predicted octanol–water partition coefficient (Wildman–Crippen LogP) is 4.67. The molecule has 6 unspecified atom stereocenters. The van der Waals surface area contributed by atoms with E-state index in [1.54, 1.807) is 39.0 Å². The predicted molar refractivity (Wildman–Crippen MR) is 195 cm³/mol. The third-order valence-corrected chi connectivity index (χ3v) is 9.03. The summed E-state index contributed by atoms with van der Waals surface area (Å²) < 4.78 is 22.3. The lowest BCUT2D eigenvalue weighted by Crippen LogP contribution is -2.38. The van der Waals surface area contributed by atoms with E-state index < -0.39 is 53.9 Å². The van der Waals surface area contributed by atoms with Gasteiger partial charge >= 0.3 is 6.09 Å². The maximum atomic E-state index is 14.3. The van der Waals surface area contributed by atoms with E-state index >= 15 is 0 Å². The lowest BCUT2D eigenvalue weighted by atomic mass is 9.84. The van der Waals surface area contributed by atoms with Crippen LogP contribution in [-0.4, -0.2) is 98.7 Å². The number of carbonyl (C=O) groups is 4. The molecule has 13 nitrogen and oxygen atoms in total. The van der Waals surface area contributed by atoms with Crippen molar-refractivity contribution >= 4 is 29.8 Å². The highest BCUT2D eigenvalue weighted by molar-refractivity contribution is 6.32. The molecule has 1 heterocycles. The Kier molecular flexibility index (Phi) is 18.0. The summed E-state index contributed by atoms with van der Waals surface area (Å²) in [7, 11) is 4.26. The highest BCUT2D eigenvalue weighted by atomic mass is 16.6. The number of rotatable bonds is 12. The first kappa shape index (κ1) is 43.1. The van der Waals surface area contributed by atoms with Crippen molar-refractivity contribution in [3.05, 3.63) is 58.1 Å². The van der Waals surface area contributed by atoms with Gasteiger partial charge in [0.15, 0.2) is 11.9 Å². The number of hydrogen-bond acceptors (Lipinski definition) is 11. The second-order valence-corrected chi connectivity index (χ2v) is 13.2. The molecule has 0 aromatic carbocycles. The molecule has 0 aromatic rings. The van der Waals surface area contributed by atoms with Gasteiger partial charge in [0.05, 0.1) is 31.1 Å². The summed E-state index contributed by atoms with van der Waals surface area (Å²) in [6, 6.07) is 0. The largest absolute Gasteiger partial charge is 0.492 e. The van der Waals surface area contributed by atoms with E-state index in [9.17, 15) is 24.3 Å². The van der Waals surface area contributed by atoms with E-state index in [0.717, 1.165) is 25.7 Å². The van der Waals surface area contributed by atoms with Gasteiger partial charge in [-0.15, -0.1) is 0 Å². The van der Waals surface area contributed by atoms with Crippen LogP contribution >= 0.6 is 0 Å². The van der Waals surface area contributed by atoms with Crippen LogP contribution in [0.3, 0.4) is 0 Å². The maximum absolute atomic E-state index is 14.3. The van der Waals surface area contributed by atoms with E-state index in [4.69, 9.17) is 24.7 Å². The molecule has 2 rings (SSSR count). The molecule has 1 aliphatic carbocycles. The highest BCUT2D eigenvalue weighted by Crippen LogP contribution is 2.31. The van der Waals surface area contributed by atoms with E-state index in [0.29, 0.717) is 25.1 Å². The molecule has 0 radical (unpaired) electrons. The molecular formula is C38H58N4O9. The van der Waals surface area contributed by atoms with Crippen LogP contribution < -0.4 is 11.1 Å². The van der Waals surface area contributed by atoms with Gasteiger partial charge in [-0.25, -0.2) is 4.79 Å². The Morgan fingerprint density at radius 3 is 2.25 bits per heavy atom. The Morgan fingerprint density at radius 1 is 1.06 bits per heavy atom. The normalized spacial score (nSPS) is 25.9. The fourth-order valence-corrected chi connectivity index (χ4v) is 6.04. The molecule has 2 aliphatic rings. The first-order chi connectivity index (χ1) is 24.2. The van der Waals surface area contributed by atoms with Gasteiger partial charge in [0.1, 0.15) is 11.8 Å². The van der Waals surface area contributed by atoms with Gasteiger partial charge < -0.3 is 35.1 Å². The number of carbonyl (C=O) groups excluding carboxylic acids is 4. The van der Waals surface area contributed by atoms with Crippen molar-refractivity contribution in [1.29, 1.82) is 0 Å². The first-order valence-corrected chi connectivity index (χ1v) is 17.7. The molecule has 1 aliphatic heterocycles. The van der Waals surface area contributed by atoms with Crippen molar-refractivity contribution < 1.29 is 43.2 Å². The average Bonchev–Trinajstić information content (AvgIpc) is 3.09. The minimum Gasteiger partial charge on any atom is -0.492 e. The number of hydrogen-bond donors (Lipinski definition) is 3. The van der Waals surface area contributed by atoms with Crippen molar-refractivity contribution in [3.8, 4) is 0 Å². The summed E-state index contributed by atoms with van der Waals surface area (Å²) in [5.41, 5.74) is 6.02. The van der Waals surface area contributed by atoms with Gasteiger partial charge in [-0.3, -0.25) is 19.4 Å². The van der Waals surface area contributed by atoms with Crippen molar-refractivity contribution in [1.82, 2.24) is 10.3 Å². The summed E-state index contributed by atoms with van der Waals surface area (Å²) in [5.74, 6) is -2.61. The number of ether oxygens (including phenoxy) is 4. The number of allylic oxidation sites excluding steroid dienone is 4. The molecule has 4 N–H and O–H groups in total. The van der Waals surface area contributed by atoms with Crippen molar-refractivity contribution in [2.45, 2.75) is 104 Å². The van der Waals surface area contributed by atoms with E-state index in [1.165, 1.54) is 33.6 Å². The second kappa shape index (κ2) is 21.3. The van der Waals surface area contributed by atoms with E-state index in [2.05, 4.69) is 24.3 Å². The lowest BCUT2D eigenvalue weighted by Gasteiger charge is -2.30. The first-order valence-electron chi connectivity index (χ1n) is 17.7. The molecule has 13 heteroatoms. The molecular weight excluding hydrogens is 656 g/mol. The number of unbranched alkanes of at least 4 members (excludes halogenated alkanes) is 2. The standard InChI is InChI=1S/C38H58N4O9/c1-10-12-17-42(18-13-11-2)40-22-28-31-33(44)27(36(50-9)34(28)45)19-23(3)20-30(49-8)32(43)25(5)21-26(6)35(51-38(39)47)29(48-7)16-14-15-24(4)37(46)41-31/h14-16,21-23,25,29-30,32,35,43H,10-13,17-20H2,1-9H3,(H2,39,47)(H,41,46)/b16-14?,24-15?,26-21?,40-22+.